The molecule has 0 bridgehead atoms. The third-order valence-corrected chi connectivity index (χ3v) is 6.03. The average molecular weight is 447 g/mol. The summed E-state index contributed by atoms with van der Waals surface area (Å²) in [5.41, 5.74) is 2.73. The highest BCUT2D eigenvalue weighted by molar-refractivity contribution is 7.15. The molecule has 0 aliphatic heterocycles. The number of fused-ring (bicyclic) bond motifs is 1. The quantitative estimate of drug-likeness (QED) is 0.323. The van der Waals surface area contributed by atoms with Crippen LogP contribution < -0.4 is 5.11 Å². The Bertz CT molecular complexity index is 1280. The molecule has 0 amide bonds. The molecule has 0 spiro atoms. The van der Waals surface area contributed by atoms with Crippen molar-refractivity contribution in [1.29, 1.82) is 0 Å². The van der Waals surface area contributed by atoms with Crippen LogP contribution >= 0.6 is 22.7 Å². The van der Waals surface area contributed by atoms with Gasteiger partial charge in [-0.15, -0.1) is 22.7 Å². The monoisotopic (exact) mass is 447 g/mol. The third-order valence-electron chi connectivity index (χ3n) is 4.54. The van der Waals surface area contributed by atoms with Gasteiger partial charge in [-0.3, -0.25) is 4.40 Å². The van der Waals surface area contributed by atoms with Crippen LogP contribution in [0.2, 0.25) is 0 Å². The molecule has 3 aromatic heterocycles. The molecule has 0 fully saturated rings. The predicted octanol–water partition coefficient (Wildman–Crippen LogP) is 5.10. The molecule has 0 aliphatic carbocycles. The highest BCUT2D eigenvalue weighted by Crippen LogP contribution is 2.33. The van der Waals surface area contributed by atoms with Crippen molar-refractivity contribution in [3.05, 3.63) is 68.9 Å². The zero-order chi connectivity index (χ0) is 21.5. The minimum atomic E-state index is -4.58. The van der Waals surface area contributed by atoms with Crippen molar-refractivity contribution in [2.75, 3.05) is 0 Å². The van der Waals surface area contributed by atoms with Crippen LogP contribution in [0.3, 0.4) is 0 Å². The van der Waals surface area contributed by atoms with Gasteiger partial charge in [-0.2, -0.15) is 13.2 Å². The highest BCUT2D eigenvalue weighted by Gasteiger charge is 2.33. The average Bonchev–Trinajstić information content (AvgIpc) is 3.38. The van der Waals surface area contributed by atoms with Gasteiger partial charge in [0.05, 0.1) is 11.4 Å². The number of nitrogens with zero attached hydrogens (tertiary/aromatic N) is 4. The molecule has 5 nitrogen and oxygen atoms in total. The van der Waals surface area contributed by atoms with Crippen molar-refractivity contribution in [1.82, 2.24) is 14.4 Å². The molecule has 0 saturated carbocycles. The number of aromatic nitrogens is 3. The molecule has 0 N–H and O–H groups in total. The van der Waals surface area contributed by atoms with Crippen molar-refractivity contribution in [2.24, 2.45) is 4.99 Å². The van der Waals surface area contributed by atoms with Crippen LogP contribution in [0.4, 0.5) is 18.3 Å². The number of hydrogen-bond donors (Lipinski definition) is 0. The first-order chi connectivity index (χ1) is 14.2. The third kappa shape index (κ3) is 3.88. The summed E-state index contributed by atoms with van der Waals surface area (Å²) in [6.07, 6.45) is 0.669. The number of thiazole rings is 2. The van der Waals surface area contributed by atoms with Crippen molar-refractivity contribution in [3.63, 3.8) is 0 Å². The maximum absolute atomic E-state index is 12.8. The van der Waals surface area contributed by atoms with Crippen molar-refractivity contribution < 1.29 is 18.3 Å². The van der Waals surface area contributed by atoms with E-state index in [1.165, 1.54) is 11.3 Å². The number of imidazole rings is 1. The van der Waals surface area contributed by atoms with E-state index < -0.39 is 17.8 Å². The van der Waals surface area contributed by atoms with Gasteiger partial charge in [0.25, 0.3) is 0 Å². The van der Waals surface area contributed by atoms with E-state index in [0.717, 1.165) is 22.1 Å². The molecule has 10 heteroatoms. The van der Waals surface area contributed by atoms with Gasteiger partial charge >= 0.3 is 6.18 Å². The van der Waals surface area contributed by atoms with Crippen molar-refractivity contribution in [2.45, 2.75) is 20.0 Å². The number of alkyl halides is 3. The first-order valence-electron chi connectivity index (χ1n) is 8.72. The lowest BCUT2D eigenvalue weighted by molar-refractivity contribution is -0.213. The minimum absolute atomic E-state index is 0.177. The van der Waals surface area contributed by atoms with E-state index in [9.17, 15) is 18.3 Å². The molecule has 3 heterocycles. The molecule has 4 aromatic rings. The first-order valence-corrected chi connectivity index (χ1v) is 10.5. The molecular formula is C20H14F3N4OS2-. The van der Waals surface area contributed by atoms with Gasteiger partial charge < -0.3 is 5.11 Å². The number of halogens is 3. The second kappa shape index (κ2) is 7.69. The molecule has 0 saturated heterocycles. The smallest absolute Gasteiger partial charge is 0.434 e. The first kappa shape index (κ1) is 20.3. The Morgan fingerprint density at radius 2 is 1.97 bits per heavy atom. The highest BCUT2D eigenvalue weighted by atomic mass is 32.1. The molecule has 1 aromatic carbocycles. The maximum Gasteiger partial charge on any atom is 0.434 e. The Morgan fingerprint density at radius 1 is 1.17 bits per heavy atom. The van der Waals surface area contributed by atoms with Gasteiger partial charge in [0, 0.05) is 22.9 Å². The molecule has 30 heavy (non-hydrogen) atoms. The van der Waals surface area contributed by atoms with Crippen LogP contribution in [0, 0.1) is 13.8 Å². The van der Waals surface area contributed by atoms with Gasteiger partial charge in [-0.25, -0.2) is 15.0 Å². The minimum Gasteiger partial charge on any atom is -0.857 e. The summed E-state index contributed by atoms with van der Waals surface area (Å²) < 4.78 is 39.9. The molecule has 0 unspecified atom stereocenters. The fourth-order valence-corrected chi connectivity index (χ4v) is 4.25. The molecule has 4 rings (SSSR count). The number of aryl methyl sites for hydroxylation is 1. The van der Waals surface area contributed by atoms with Crippen LogP contribution in [0.5, 0.6) is 0 Å². The second-order valence-corrected chi connectivity index (χ2v) is 8.16. The summed E-state index contributed by atoms with van der Waals surface area (Å²) in [7, 11) is 0. The van der Waals surface area contributed by atoms with E-state index >= 15 is 0 Å². The second-order valence-electron chi connectivity index (χ2n) is 6.45. The van der Waals surface area contributed by atoms with E-state index in [2.05, 4.69) is 15.0 Å². The van der Waals surface area contributed by atoms with Gasteiger partial charge in [0.2, 0.25) is 5.13 Å². The fraction of sp³-hybridized carbons (Fsp3) is 0.150. The number of aliphatic imine (C=N–C) groups is 1. The van der Waals surface area contributed by atoms with Crippen LogP contribution in [-0.4, -0.2) is 20.3 Å². The summed E-state index contributed by atoms with van der Waals surface area (Å²) in [5, 5.41) is 15.2. The lowest BCUT2D eigenvalue weighted by Gasteiger charge is -2.10. The van der Waals surface area contributed by atoms with Crippen molar-refractivity contribution in [3.8, 4) is 0 Å². The number of rotatable bonds is 4. The normalized spacial score (nSPS) is 13.0. The predicted molar refractivity (Wildman–Crippen MR) is 111 cm³/mol. The van der Waals surface area contributed by atoms with Gasteiger partial charge in [0.1, 0.15) is 0 Å². The zero-order valence-electron chi connectivity index (χ0n) is 15.8. The van der Waals surface area contributed by atoms with Gasteiger partial charge in [0.15, 0.2) is 10.7 Å². The SMILES string of the molecule is Cc1cccc(/C=C/c2nc3sccn3c2C([O-])=Nc2nc(C(F)(F)F)cs2)c1C. The van der Waals surface area contributed by atoms with Gasteiger partial charge in [-0.1, -0.05) is 24.3 Å². The van der Waals surface area contributed by atoms with Crippen LogP contribution in [-0.2, 0) is 6.18 Å². The lowest BCUT2D eigenvalue weighted by atomic mass is 10.0. The van der Waals surface area contributed by atoms with Gasteiger partial charge in [-0.05, 0) is 36.6 Å². The summed E-state index contributed by atoms with van der Waals surface area (Å²) in [5.74, 6) is -0.704. The Morgan fingerprint density at radius 3 is 2.70 bits per heavy atom. The molecular weight excluding hydrogens is 433 g/mol. The van der Waals surface area contributed by atoms with Crippen LogP contribution in [0.15, 0.2) is 40.1 Å². The molecule has 154 valence electrons. The maximum atomic E-state index is 12.8. The Kier molecular flexibility index (Phi) is 5.20. The van der Waals surface area contributed by atoms with E-state index in [4.69, 9.17) is 0 Å². The van der Waals surface area contributed by atoms with Crippen LogP contribution in [0.1, 0.15) is 33.8 Å². The van der Waals surface area contributed by atoms with Crippen LogP contribution in [0.25, 0.3) is 17.1 Å². The summed E-state index contributed by atoms with van der Waals surface area (Å²) in [6, 6.07) is 5.91. The zero-order valence-corrected chi connectivity index (χ0v) is 17.4. The largest absolute Gasteiger partial charge is 0.857 e. The fourth-order valence-electron chi connectivity index (χ4n) is 2.84. The van der Waals surface area contributed by atoms with E-state index in [1.807, 2.05) is 38.1 Å². The van der Waals surface area contributed by atoms with E-state index in [-0.39, 0.29) is 10.8 Å². The molecule has 0 radical (unpaired) electrons. The Hall–Kier alpha value is -2.98. The summed E-state index contributed by atoms with van der Waals surface area (Å²) in [4.78, 5) is 12.2. The van der Waals surface area contributed by atoms with E-state index in [1.54, 1.807) is 22.1 Å². The molecule has 0 atom stereocenters. The summed E-state index contributed by atoms with van der Waals surface area (Å²) in [6.45, 7) is 4.01. The topological polar surface area (TPSA) is 65.6 Å². The molecule has 0 aliphatic rings. The number of benzene rings is 1. The van der Waals surface area contributed by atoms with Crippen molar-refractivity contribution >= 4 is 50.8 Å². The Balaban J connectivity index is 1.75. The van der Waals surface area contributed by atoms with E-state index in [0.29, 0.717) is 22.0 Å². The lowest BCUT2D eigenvalue weighted by Crippen LogP contribution is -2.21. The Labute approximate surface area is 177 Å². The number of hydrogen-bond acceptors (Lipinski definition) is 6. The standard InChI is InChI=1S/C20H15F3N4OS2/c1-11-4-3-5-13(12(11)2)6-7-14-16(27-8-9-29-19(27)24-14)17(28)26-18-25-15(10-30-18)20(21,22)23/h3-10H,1-2H3,(H,25,26,28)/p-1/b7-6+. The summed E-state index contributed by atoms with van der Waals surface area (Å²) >= 11 is 2.01.